The highest BCUT2D eigenvalue weighted by atomic mass is 35.5. The molecule has 0 aliphatic carbocycles. The molecular formula is C11H7Cl2F3N2O. The Morgan fingerprint density at radius 1 is 1.26 bits per heavy atom. The molecule has 2 aromatic rings. The van der Waals surface area contributed by atoms with Crippen LogP contribution < -0.4 is 0 Å². The minimum absolute atomic E-state index is 0.154. The first-order chi connectivity index (χ1) is 8.69. The van der Waals surface area contributed by atoms with Crippen molar-refractivity contribution < 1.29 is 18.3 Å². The Labute approximate surface area is 115 Å². The summed E-state index contributed by atoms with van der Waals surface area (Å²) >= 11 is 11.5. The smallest absolute Gasteiger partial charge is 0.370 e. The topological polar surface area (TPSA) is 48.9 Å². The standard InChI is InChI=1S/C11H7Cl2F3N2O/c1-2-10(19,11(14,15)16)9-17-7-3-5(12)6(13)4-8(7)18-9/h2-4,19H,1H2,(H,17,18)/t10-/m0/s1. The van der Waals surface area contributed by atoms with Crippen molar-refractivity contribution in [2.75, 3.05) is 0 Å². The number of nitrogens with zero attached hydrogens (tertiary/aromatic N) is 1. The highest BCUT2D eigenvalue weighted by Crippen LogP contribution is 2.39. The molecule has 0 saturated carbocycles. The van der Waals surface area contributed by atoms with E-state index in [1.807, 2.05) is 0 Å². The number of halogens is 5. The molecule has 8 heteroatoms. The minimum Gasteiger partial charge on any atom is -0.370 e. The van der Waals surface area contributed by atoms with E-state index in [1.165, 1.54) is 12.1 Å². The summed E-state index contributed by atoms with van der Waals surface area (Å²) in [6.45, 7) is 3.00. The zero-order valence-electron chi connectivity index (χ0n) is 9.22. The van der Waals surface area contributed by atoms with E-state index in [9.17, 15) is 18.3 Å². The van der Waals surface area contributed by atoms with Crippen LogP contribution in [0.1, 0.15) is 5.82 Å². The number of aliphatic hydroxyl groups is 1. The summed E-state index contributed by atoms with van der Waals surface area (Å²) in [4.78, 5) is 6.05. The Morgan fingerprint density at radius 2 is 1.84 bits per heavy atom. The van der Waals surface area contributed by atoms with Crippen LogP contribution in [0.15, 0.2) is 24.8 Å². The van der Waals surface area contributed by atoms with Crippen LogP contribution in [0.4, 0.5) is 13.2 Å². The van der Waals surface area contributed by atoms with Gasteiger partial charge in [-0.25, -0.2) is 4.98 Å². The lowest BCUT2D eigenvalue weighted by Crippen LogP contribution is -2.41. The average molecular weight is 311 g/mol. The Balaban J connectivity index is 2.66. The van der Waals surface area contributed by atoms with E-state index in [2.05, 4.69) is 16.5 Å². The maximum atomic E-state index is 12.8. The molecule has 19 heavy (non-hydrogen) atoms. The summed E-state index contributed by atoms with van der Waals surface area (Å²) < 4.78 is 38.5. The van der Waals surface area contributed by atoms with Crippen molar-refractivity contribution in [1.29, 1.82) is 0 Å². The third-order valence-electron chi connectivity index (χ3n) is 2.61. The number of benzene rings is 1. The lowest BCUT2D eigenvalue weighted by molar-refractivity contribution is -0.247. The van der Waals surface area contributed by atoms with Crippen LogP contribution in [-0.2, 0) is 5.60 Å². The van der Waals surface area contributed by atoms with Gasteiger partial charge in [-0.1, -0.05) is 29.8 Å². The number of imidazole rings is 1. The predicted octanol–water partition coefficient (Wildman–Crippen LogP) is 3.81. The van der Waals surface area contributed by atoms with Crippen molar-refractivity contribution in [2.45, 2.75) is 11.8 Å². The average Bonchev–Trinajstić information content (AvgIpc) is 2.70. The van der Waals surface area contributed by atoms with Gasteiger partial charge in [0.1, 0.15) is 0 Å². The summed E-state index contributed by atoms with van der Waals surface area (Å²) in [5, 5.41) is 9.98. The molecule has 0 fully saturated rings. The van der Waals surface area contributed by atoms with Crippen molar-refractivity contribution >= 4 is 34.2 Å². The fourth-order valence-electron chi connectivity index (χ4n) is 1.53. The molecule has 0 aliphatic rings. The fraction of sp³-hybridized carbons (Fsp3) is 0.182. The summed E-state index contributed by atoms with van der Waals surface area (Å²) in [5.41, 5.74) is -2.87. The van der Waals surface area contributed by atoms with Crippen LogP contribution >= 0.6 is 23.2 Å². The number of aromatic amines is 1. The van der Waals surface area contributed by atoms with Crippen LogP contribution in [0, 0.1) is 0 Å². The van der Waals surface area contributed by atoms with E-state index < -0.39 is 17.6 Å². The molecule has 2 rings (SSSR count). The second kappa shape index (κ2) is 4.40. The number of hydrogen-bond donors (Lipinski definition) is 2. The minimum atomic E-state index is -4.95. The molecule has 0 radical (unpaired) electrons. The molecule has 1 heterocycles. The molecule has 3 nitrogen and oxygen atoms in total. The number of rotatable bonds is 2. The van der Waals surface area contributed by atoms with Gasteiger partial charge in [-0.15, -0.1) is 0 Å². The number of H-pyrrole nitrogens is 1. The van der Waals surface area contributed by atoms with E-state index in [0.29, 0.717) is 6.08 Å². The number of hydrogen-bond acceptors (Lipinski definition) is 2. The van der Waals surface area contributed by atoms with Crippen LogP contribution in [0.25, 0.3) is 11.0 Å². The summed E-state index contributed by atoms with van der Waals surface area (Å²) in [7, 11) is 0. The zero-order chi connectivity index (χ0) is 14.4. The maximum absolute atomic E-state index is 12.8. The van der Waals surface area contributed by atoms with Gasteiger partial charge < -0.3 is 10.1 Å². The second-order valence-corrected chi connectivity index (χ2v) is 4.65. The number of alkyl halides is 3. The summed E-state index contributed by atoms with van der Waals surface area (Å²) in [6, 6.07) is 2.63. The van der Waals surface area contributed by atoms with Gasteiger partial charge in [0.25, 0.3) is 0 Å². The maximum Gasteiger partial charge on any atom is 0.428 e. The lowest BCUT2D eigenvalue weighted by atomic mass is 10.0. The normalized spacial score (nSPS) is 15.5. The summed E-state index contributed by atoms with van der Waals surface area (Å²) in [5.74, 6) is -0.691. The van der Waals surface area contributed by atoms with Gasteiger partial charge in [0, 0.05) is 0 Å². The van der Waals surface area contributed by atoms with Crippen LogP contribution in [0.2, 0.25) is 10.0 Å². The Bertz CT molecular complexity index is 614. The first-order valence-electron chi connectivity index (χ1n) is 4.97. The van der Waals surface area contributed by atoms with Crippen molar-refractivity contribution in [3.8, 4) is 0 Å². The van der Waals surface area contributed by atoms with Crippen molar-refractivity contribution in [1.82, 2.24) is 9.97 Å². The first kappa shape index (κ1) is 14.2. The molecule has 1 aromatic heterocycles. The molecule has 0 bridgehead atoms. The Morgan fingerprint density at radius 3 is 2.37 bits per heavy atom. The van der Waals surface area contributed by atoms with Gasteiger partial charge in [0.2, 0.25) is 5.60 Å². The van der Waals surface area contributed by atoms with Gasteiger partial charge in [-0.3, -0.25) is 0 Å². The van der Waals surface area contributed by atoms with Gasteiger partial charge in [0.15, 0.2) is 5.82 Å². The number of aromatic nitrogens is 2. The van der Waals surface area contributed by atoms with Gasteiger partial charge in [-0.05, 0) is 18.2 Å². The molecule has 102 valence electrons. The molecule has 2 N–H and O–H groups in total. The second-order valence-electron chi connectivity index (χ2n) is 3.84. The molecular weight excluding hydrogens is 304 g/mol. The first-order valence-corrected chi connectivity index (χ1v) is 5.72. The molecule has 0 amide bonds. The summed E-state index contributed by atoms with van der Waals surface area (Å²) in [6.07, 6.45) is -4.58. The largest absolute Gasteiger partial charge is 0.428 e. The SMILES string of the molecule is C=C[C@](O)(c1nc2cc(Cl)c(Cl)cc2[nH]1)C(F)(F)F. The quantitative estimate of drug-likeness (QED) is 0.829. The van der Waals surface area contributed by atoms with E-state index in [1.54, 1.807) is 0 Å². The van der Waals surface area contributed by atoms with Gasteiger partial charge in [0.05, 0.1) is 21.1 Å². The van der Waals surface area contributed by atoms with Gasteiger partial charge in [-0.2, -0.15) is 13.2 Å². The lowest BCUT2D eigenvalue weighted by Gasteiger charge is -2.24. The molecule has 0 unspecified atom stereocenters. The molecule has 0 aliphatic heterocycles. The van der Waals surface area contributed by atoms with Gasteiger partial charge >= 0.3 is 6.18 Å². The van der Waals surface area contributed by atoms with E-state index in [-0.39, 0.29) is 21.1 Å². The molecule has 0 saturated heterocycles. The van der Waals surface area contributed by atoms with Crippen LogP contribution in [-0.4, -0.2) is 21.3 Å². The van der Waals surface area contributed by atoms with E-state index >= 15 is 0 Å². The van der Waals surface area contributed by atoms with Crippen molar-refractivity contribution in [3.63, 3.8) is 0 Å². The highest BCUT2D eigenvalue weighted by molar-refractivity contribution is 6.42. The molecule has 1 atom stereocenters. The number of nitrogens with one attached hydrogen (secondary N) is 1. The van der Waals surface area contributed by atoms with Crippen molar-refractivity contribution in [2.24, 2.45) is 0 Å². The fourth-order valence-corrected chi connectivity index (χ4v) is 1.85. The molecule has 0 spiro atoms. The Kier molecular flexibility index (Phi) is 3.28. The monoisotopic (exact) mass is 310 g/mol. The zero-order valence-corrected chi connectivity index (χ0v) is 10.7. The predicted molar refractivity (Wildman–Crippen MR) is 66.3 cm³/mol. The van der Waals surface area contributed by atoms with E-state index in [0.717, 1.165) is 0 Å². The Hall–Kier alpha value is -1.24. The van der Waals surface area contributed by atoms with Crippen LogP contribution in [0.5, 0.6) is 0 Å². The molecule has 1 aromatic carbocycles. The van der Waals surface area contributed by atoms with Crippen LogP contribution in [0.3, 0.4) is 0 Å². The highest BCUT2D eigenvalue weighted by Gasteiger charge is 2.55. The third-order valence-corrected chi connectivity index (χ3v) is 3.33. The van der Waals surface area contributed by atoms with E-state index in [4.69, 9.17) is 23.2 Å². The number of fused-ring (bicyclic) bond motifs is 1. The van der Waals surface area contributed by atoms with Crippen molar-refractivity contribution in [3.05, 3.63) is 40.7 Å². The third kappa shape index (κ3) is 2.20.